The van der Waals surface area contributed by atoms with Gasteiger partial charge in [0, 0.05) is 18.5 Å². The zero-order chi connectivity index (χ0) is 11.2. The van der Waals surface area contributed by atoms with Crippen LogP contribution in [0.25, 0.3) is 0 Å². The van der Waals surface area contributed by atoms with Crippen molar-refractivity contribution in [3.8, 4) is 0 Å². The number of nitrogen functional groups attached to an aromatic ring is 1. The van der Waals surface area contributed by atoms with Gasteiger partial charge in [0.05, 0.1) is 0 Å². The fraction of sp³-hybridized carbons (Fsp3) is 0.667. The van der Waals surface area contributed by atoms with Gasteiger partial charge in [0.2, 0.25) is 0 Å². The van der Waals surface area contributed by atoms with E-state index >= 15 is 0 Å². The van der Waals surface area contributed by atoms with Gasteiger partial charge in [-0.25, -0.2) is 9.97 Å². The molecule has 3 rings (SSSR count). The third-order valence-corrected chi connectivity index (χ3v) is 3.51. The van der Waals surface area contributed by atoms with Gasteiger partial charge in [-0.15, -0.1) is 0 Å². The molecule has 0 aliphatic heterocycles. The normalized spacial score (nSPS) is 21.8. The Morgan fingerprint density at radius 3 is 2.81 bits per heavy atom. The van der Waals surface area contributed by atoms with E-state index in [-0.39, 0.29) is 0 Å². The van der Waals surface area contributed by atoms with Crippen LogP contribution in [-0.2, 0) is 0 Å². The Balaban J connectivity index is 1.72. The van der Waals surface area contributed by atoms with E-state index in [0.717, 1.165) is 18.2 Å². The molecule has 3 N–H and O–H groups in total. The van der Waals surface area contributed by atoms with Gasteiger partial charge >= 0.3 is 0 Å². The smallest absolute Gasteiger partial charge is 0.136 e. The summed E-state index contributed by atoms with van der Waals surface area (Å²) in [5.41, 5.74) is 6.27. The summed E-state index contributed by atoms with van der Waals surface area (Å²) in [4.78, 5) is 8.81. The molecule has 1 aromatic heterocycles. The average molecular weight is 218 g/mol. The van der Waals surface area contributed by atoms with Crippen molar-refractivity contribution in [3.05, 3.63) is 11.9 Å². The number of nitrogens with two attached hydrogens (primary N) is 1. The van der Waals surface area contributed by atoms with E-state index in [9.17, 15) is 0 Å². The standard InChI is InChI=1S/C12H18N4/c1-12(4-5-12)7-14-10-6-9(13)15-11(16-10)8-2-3-8/h6,8H,2-5,7H2,1H3,(H3,13,14,15,16). The van der Waals surface area contributed by atoms with Crippen LogP contribution in [0.15, 0.2) is 6.07 Å². The highest BCUT2D eigenvalue weighted by Crippen LogP contribution is 2.44. The molecule has 0 spiro atoms. The van der Waals surface area contributed by atoms with Crippen molar-refractivity contribution in [1.29, 1.82) is 0 Å². The van der Waals surface area contributed by atoms with Crippen LogP contribution in [-0.4, -0.2) is 16.5 Å². The Labute approximate surface area is 95.7 Å². The fourth-order valence-corrected chi connectivity index (χ4v) is 1.79. The van der Waals surface area contributed by atoms with Gasteiger partial charge < -0.3 is 11.1 Å². The third kappa shape index (κ3) is 2.10. The molecule has 16 heavy (non-hydrogen) atoms. The minimum Gasteiger partial charge on any atom is -0.384 e. The summed E-state index contributed by atoms with van der Waals surface area (Å²) in [5, 5.41) is 3.38. The first-order valence-electron chi connectivity index (χ1n) is 6.03. The topological polar surface area (TPSA) is 63.8 Å². The Hall–Kier alpha value is -1.32. The first-order valence-corrected chi connectivity index (χ1v) is 6.03. The molecule has 4 nitrogen and oxygen atoms in total. The van der Waals surface area contributed by atoms with Crippen LogP contribution in [0.3, 0.4) is 0 Å². The van der Waals surface area contributed by atoms with Crippen molar-refractivity contribution >= 4 is 11.6 Å². The van der Waals surface area contributed by atoms with Gasteiger partial charge in [0.1, 0.15) is 17.5 Å². The molecule has 0 bridgehead atoms. The maximum Gasteiger partial charge on any atom is 0.136 e. The van der Waals surface area contributed by atoms with E-state index in [2.05, 4.69) is 22.2 Å². The maximum absolute atomic E-state index is 5.79. The minimum absolute atomic E-state index is 0.486. The number of hydrogen-bond donors (Lipinski definition) is 2. The molecule has 0 amide bonds. The predicted molar refractivity (Wildman–Crippen MR) is 64.3 cm³/mol. The second-order valence-corrected chi connectivity index (χ2v) is 5.47. The van der Waals surface area contributed by atoms with Crippen molar-refractivity contribution in [3.63, 3.8) is 0 Å². The highest BCUT2D eigenvalue weighted by atomic mass is 15.1. The summed E-state index contributed by atoms with van der Waals surface area (Å²) in [6, 6.07) is 1.83. The Morgan fingerprint density at radius 2 is 2.19 bits per heavy atom. The van der Waals surface area contributed by atoms with E-state index in [1.807, 2.05) is 6.07 Å². The zero-order valence-electron chi connectivity index (χ0n) is 9.66. The fourth-order valence-electron chi connectivity index (χ4n) is 1.79. The third-order valence-electron chi connectivity index (χ3n) is 3.51. The summed E-state index contributed by atoms with van der Waals surface area (Å²) >= 11 is 0. The summed E-state index contributed by atoms with van der Waals surface area (Å²) in [6.45, 7) is 3.29. The van der Waals surface area contributed by atoms with Crippen LogP contribution in [0, 0.1) is 5.41 Å². The number of nitrogens with one attached hydrogen (secondary N) is 1. The van der Waals surface area contributed by atoms with Gasteiger partial charge in [0.25, 0.3) is 0 Å². The second-order valence-electron chi connectivity index (χ2n) is 5.47. The van der Waals surface area contributed by atoms with Crippen molar-refractivity contribution in [2.45, 2.75) is 38.5 Å². The lowest BCUT2D eigenvalue weighted by molar-refractivity contribution is 0.609. The highest BCUT2D eigenvalue weighted by molar-refractivity contribution is 5.45. The SMILES string of the molecule is CC1(CNc2cc(N)nc(C3CC3)n2)CC1. The molecule has 0 saturated heterocycles. The largest absolute Gasteiger partial charge is 0.384 e. The van der Waals surface area contributed by atoms with E-state index in [1.165, 1.54) is 25.7 Å². The van der Waals surface area contributed by atoms with E-state index in [4.69, 9.17) is 5.73 Å². The number of aromatic nitrogens is 2. The van der Waals surface area contributed by atoms with E-state index < -0.39 is 0 Å². The van der Waals surface area contributed by atoms with Crippen LogP contribution in [0.5, 0.6) is 0 Å². The minimum atomic E-state index is 0.486. The summed E-state index contributed by atoms with van der Waals surface area (Å²) in [5.74, 6) is 2.95. The number of hydrogen-bond acceptors (Lipinski definition) is 4. The highest BCUT2D eigenvalue weighted by Gasteiger charge is 2.37. The Morgan fingerprint density at radius 1 is 1.44 bits per heavy atom. The number of anilines is 2. The lowest BCUT2D eigenvalue weighted by Crippen LogP contribution is -2.14. The molecular weight excluding hydrogens is 200 g/mol. The molecule has 2 saturated carbocycles. The molecule has 0 atom stereocenters. The molecule has 4 heteroatoms. The van der Waals surface area contributed by atoms with E-state index in [1.54, 1.807) is 0 Å². The Bertz CT molecular complexity index is 407. The predicted octanol–water partition coefficient (Wildman–Crippen LogP) is 2.15. The zero-order valence-corrected chi connectivity index (χ0v) is 9.66. The molecule has 0 radical (unpaired) electrons. The van der Waals surface area contributed by atoms with Crippen molar-refractivity contribution < 1.29 is 0 Å². The molecule has 2 aliphatic rings. The van der Waals surface area contributed by atoms with Crippen molar-refractivity contribution in [2.75, 3.05) is 17.6 Å². The van der Waals surface area contributed by atoms with Crippen LogP contribution in [0.4, 0.5) is 11.6 Å². The van der Waals surface area contributed by atoms with Crippen LogP contribution in [0.1, 0.15) is 44.3 Å². The van der Waals surface area contributed by atoms with Gasteiger partial charge in [-0.05, 0) is 31.1 Å². The molecule has 0 aromatic carbocycles. The summed E-state index contributed by atoms with van der Waals surface area (Å²) < 4.78 is 0. The second kappa shape index (κ2) is 3.34. The van der Waals surface area contributed by atoms with Crippen LogP contribution in [0.2, 0.25) is 0 Å². The van der Waals surface area contributed by atoms with Crippen LogP contribution < -0.4 is 11.1 Å². The summed E-state index contributed by atoms with van der Waals surface area (Å²) in [6.07, 6.45) is 5.05. The van der Waals surface area contributed by atoms with Gasteiger partial charge in [-0.2, -0.15) is 0 Å². The van der Waals surface area contributed by atoms with Crippen molar-refractivity contribution in [2.24, 2.45) is 5.41 Å². The first kappa shape index (κ1) is 9.87. The van der Waals surface area contributed by atoms with Gasteiger partial charge in [-0.1, -0.05) is 6.92 Å². The first-order chi connectivity index (χ1) is 7.65. The quantitative estimate of drug-likeness (QED) is 0.812. The Kier molecular flexibility index (Phi) is 2.06. The summed E-state index contributed by atoms with van der Waals surface area (Å²) in [7, 11) is 0. The number of rotatable bonds is 4. The van der Waals surface area contributed by atoms with E-state index in [0.29, 0.717) is 17.2 Å². The van der Waals surface area contributed by atoms with Gasteiger partial charge in [0.15, 0.2) is 0 Å². The molecular formula is C12H18N4. The lowest BCUT2D eigenvalue weighted by Gasteiger charge is -2.11. The number of nitrogens with zero attached hydrogens (tertiary/aromatic N) is 2. The molecule has 86 valence electrons. The molecule has 1 heterocycles. The van der Waals surface area contributed by atoms with Gasteiger partial charge in [-0.3, -0.25) is 0 Å². The average Bonchev–Trinajstić information content (AvgIpc) is 3.10. The monoisotopic (exact) mass is 218 g/mol. The van der Waals surface area contributed by atoms with Crippen molar-refractivity contribution in [1.82, 2.24) is 9.97 Å². The maximum atomic E-state index is 5.79. The molecule has 2 aliphatic carbocycles. The van der Waals surface area contributed by atoms with Crippen LogP contribution >= 0.6 is 0 Å². The lowest BCUT2D eigenvalue weighted by atomic mass is 10.1. The molecule has 2 fully saturated rings. The molecule has 0 unspecified atom stereocenters. The molecule has 1 aromatic rings.